The van der Waals surface area contributed by atoms with E-state index in [1.54, 1.807) is 18.4 Å². The number of hydrogen-bond donors (Lipinski definition) is 0. The number of amides is 1. The molecule has 138 valence electrons. The molecule has 4 nitrogen and oxygen atoms in total. The minimum atomic E-state index is 0.220. The van der Waals surface area contributed by atoms with Gasteiger partial charge in [-0.25, -0.2) is 0 Å². The van der Waals surface area contributed by atoms with Crippen LogP contribution in [0.1, 0.15) is 18.4 Å². The minimum Gasteiger partial charge on any atom is -0.493 e. The number of thiophene rings is 1. The summed E-state index contributed by atoms with van der Waals surface area (Å²) >= 11 is 1.74. The van der Waals surface area contributed by atoms with E-state index >= 15 is 0 Å². The van der Waals surface area contributed by atoms with Gasteiger partial charge in [0.2, 0.25) is 5.91 Å². The van der Waals surface area contributed by atoms with Crippen LogP contribution in [0, 0.1) is 5.92 Å². The van der Waals surface area contributed by atoms with Crippen LogP contribution < -0.4 is 9.47 Å². The highest BCUT2D eigenvalue weighted by molar-refractivity contribution is 7.17. The van der Waals surface area contributed by atoms with Crippen molar-refractivity contribution >= 4 is 27.3 Å². The first kappa shape index (κ1) is 16.6. The summed E-state index contributed by atoms with van der Waals surface area (Å²) in [7, 11) is 1.67. The van der Waals surface area contributed by atoms with Crippen LogP contribution in [-0.2, 0) is 11.3 Å². The fraction of sp³-hybridized carbons (Fsp3) is 0.318. The van der Waals surface area contributed by atoms with Gasteiger partial charge in [0.15, 0.2) is 11.5 Å². The van der Waals surface area contributed by atoms with Crippen molar-refractivity contribution in [2.45, 2.75) is 19.4 Å². The van der Waals surface area contributed by atoms with Crippen LogP contribution >= 0.6 is 11.3 Å². The van der Waals surface area contributed by atoms with Crippen molar-refractivity contribution in [1.82, 2.24) is 4.90 Å². The van der Waals surface area contributed by atoms with Crippen molar-refractivity contribution in [2.75, 3.05) is 20.3 Å². The fourth-order valence-corrected chi connectivity index (χ4v) is 4.74. The molecule has 2 heterocycles. The van der Waals surface area contributed by atoms with Crippen molar-refractivity contribution in [3.63, 3.8) is 0 Å². The molecule has 0 unspecified atom stereocenters. The highest BCUT2D eigenvalue weighted by Gasteiger charge is 2.34. The summed E-state index contributed by atoms with van der Waals surface area (Å²) in [5.74, 6) is 1.99. The molecule has 0 atom stereocenters. The number of fused-ring (bicyclic) bond motifs is 2. The maximum absolute atomic E-state index is 12.6. The molecule has 0 radical (unpaired) electrons. The second-order valence-corrected chi connectivity index (χ2v) is 8.11. The quantitative estimate of drug-likeness (QED) is 0.662. The van der Waals surface area contributed by atoms with Crippen molar-refractivity contribution in [3.05, 3.63) is 47.3 Å². The molecule has 3 aromatic rings. The van der Waals surface area contributed by atoms with Crippen LogP contribution in [0.5, 0.6) is 11.5 Å². The Balaban J connectivity index is 1.59. The Bertz CT molecular complexity index is 1020. The molecule has 1 aliphatic heterocycles. The zero-order chi connectivity index (χ0) is 18.4. The third-order valence-corrected chi connectivity index (χ3v) is 6.31. The van der Waals surface area contributed by atoms with Gasteiger partial charge < -0.3 is 14.4 Å². The molecule has 1 aromatic heterocycles. The van der Waals surface area contributed by atoms with Crippen molar-refractivity contribution < 1.29 is 14.3 Å². The highest BCUT2D eigenvalue weighted by atomic mass is 32.1. The molecule has 1 aliphatic carbocycles. The average molecular weight is 379 g/mol. The normalized spacial score (nSPS) is 16.6. The number of ether oxygens (including phenoxy) is 2. The van der Waals surface area contributed by atoms with Crippen LogP contribution in [0.4, 0.5) is 0 Å². The molecule has 0 N–H and O–H groups in total. The summed E-state index contributed by atoms with van der Waals surface area (Å²) in [6.07, 6.45) is 2.04. The van der Waals surface area contributed by atoms with E-state index < -0.39 is 0 Å². The second kappa shape index (κ2) is 6.57. The van der Waals surface area contributed by atoms with E-state index in [0.717, 1.165) is 35.5 Å². The number of carbonyl (C=O) groups excluding carboxylic acids is 1. The lowest BCUT2D eigenvalue weighted by Crippen LogP contribution is -2.33. The lowest BCUT2D eigenvalue weighted by Gasteiger charge is -2.20. The third-order valence-electron chi connectivity index (χ3n) is 5.35. The first-order valence-corrected chi connectivity index (χ1v) is 10.2. The van der Waals surface area contributed by atoms with E-state index in [9.17, 15) is 4.79 Å². The number of hydrogen-bond acceptors (Lipinski definition) is 4. The lowest BCUT2D eigenvalue weighted by atomic mass is 10.0. The zero-order valence-corrected chi connectivity index (χ0v) is 16.1. The van der Waals surface area contributed by atoms with Crippen molar-refractivity contribution in [3.8, 4) is 22.6 Å². The maximum Gasteiger partial charge on any atom is 0.226 e. The summed E-state index contributed by atoms with van der Waals surface area (Å²) in [6.45, 7) is 1.71. The molecular formula is C22H21NO3S. The van der Waals surface area contributed by atoms with E-state index in [0.29, 0.717) is 19.7 Å². The third kappa shape index (κ3) is 2.96. The monoisotopic (exact) mass is 379 g/mol. The Labute approximate surface area is 162 Å². The van der Waals surface area contributed by atoms with Gasteiger partial charge in [-0.15, -0.1) is 11.3 Å². The van der Waals surface area contributed by atoms with Gasteiger partial charge in [-0.1, -0.05) is 18.2 Å². The Hall–Kier alpha value is -2.53. The molecule has 5 rings (SSSR count). The number of carbonyl (C=O) groups is 1. The Morgan fingerprint density at radius 1 is 1.26 bits per heavy atom. The van der Waals surface area contributed by atoms with Crippen LogP contribution in [0.2, 0.25) is 0 Å². The number of benzene rings is 2. The summed E-state index contributed by atoms with van der Waals surface area (Å²) in [5.41, 5.74) is 3.32. The summed E-state index contributed by atoms with van der Waals surface area (Å²) in [4.78, 5) is 14.5. The van der Waals surface area contributed by atoms with Gasteiger partial charge in [0.1, 0.15) is 6.61 Å². The van der Waals surface area contributed by atoms with Gasteiger partial charge >= 0.3 is 0 Å². The molecule has 0 saturated heterocycles. The highest BCUT2D eigenvalue weighted by Crippen LogP contribution is 2.42. The molecular weight excluding hydrogens is 358 g/mol. The predicted octanol–water partition coefficient (Wildman–Crippen LogP) is 4.71. The average Bonchev–Trinajstić information content (AvgIpc) is 3.49. The first-order valence-electron chi connectivity index (χ1n) is 9.33. The maximum atomic E-state index is 12.6. The van der Waals surface area contributed by atoms with Crippen LogP contribution in [0.15, 0.2) is 41.8 Å². The topological polar surface area (TPSA) is 38.8 Å². The van der Waals surface area contributed by atoms with Crippen LogP contribution in [0.3, 0.4) is 0 Å². The number of methoxy groups -OCH3 is 1. The first-order chi connectivity index (χ1) is 13.2. The van der Waals surface area contributed by atoms with Crippen LogP contribution in [-0.4, -0.2) is 31.1 Å². The summed E-state index contributed by atoms with van der Waals surface area (Å²) in [6, 6.07) is 12.6. The predicted molar refractivity (Wildman–Crippen MR) is 107 cm³/mol. The van der Waals surface area contributed by atoms with Gasteiger partial charge in [-0.2, -0.15) is 0 Å². The Morgan fingerprint density at radius 2 is 2.11 bits per heavy atom. The van der Waals surface area contributed by atoms with Crippen molar-refractivity contribution in [2.24, 2.45) is 5.92 Å². The molecule has 27 heavy (non-hydrogen) atoms. The summed E-state index contributed by atoms with van der Waals surface area (Å²) < 4.78 is 12.9. The fourth-order valence-electron chi connectivity index (χ4n) is 3.77. The smallest absolute Gasteiger partial charge is 0.226 e. The van der Waals surface area contributed by atoms with Gasteiger partial charge in [0.25, 0.3) is 0 Å². The van der Waals surface area contributed by atoms with E-state index in [1.165, 1.54) is 15.6 Å². The standard InChI is InChI=1S/C22H21NO3S/c1-25-19-11-15(18-13-27-20-5-3-2-4-17(18)20)10-16-12-23(8-9-26-21(16)19)22(24)14-6-7-14/h2-5,10-11,13-14H,6-9,12H2,1H3. The zero-order valence-electron chi connectivity index (χ0n) is 15.2. The van der Waals surface area contributed by atoms with E-state index in [2.05, 4.69) is 35.7 Å². The summed E-state index contributed by atoms with van der Waals surface area (Å²) in [5, 5.41) is 3.43. The Kier molecular flexibility index (Phi) is 4.05. The molecule has 5 heteroatoms. The van der Waals surface area contributed by atoms with Gasteiger partial charge in [-0.3, -0.25) is 4.79 Å². The second-order valence-electron chi connectivity index (χ2n) is 7.19. The largest absolute Gasteiger partial charge is 0.493 e. The van der Waals surface area contributed by atoms with E-state index in [1.807, 2.05) is 11.0 Å². The number of rotatable bonds is 3. The molecule has 2 aromatic carbocycles. The van der Waals surface area contributed by atoms with Gasteiger partial charge in [0.05, 0.1) is 13.7 Å². The molecule has 1 fully saturated rings. The van der Waals surface area contributed by atoms with E-state index in [-0.39, 0.29) is 11.8 Å². The van der Waals surface area contributed by atoms with Gasteiger partial charge in [-0.05, 0) is 42.0 Å². The number of nitrogens with zero attached hydrogens (tertiary/aromatic N) is 1. The van der Waals surface area contributed by atoms with Crippen LogP contribution in [0.25, 0.3) is 21.2 Å². The molecule has 1 amide bonds. The molecule has 0 bridgehead atoms. The molecule has 1 saturated carbocycles. The molecule has 0 spiro atoms. The van der Waals surface area contributed by atoms with E-state index in [4.69, 9.17) is 9.47 Å². The van der Waals surface area contributed by atoms with Crippen molar-refractivity contribution in [1.29, 1.82) is 0 Å². The minimum absolute atomic E-state index is 0.220. The lowest BCUT2D eigenvalue weighted by molar-refractivity contribution is -0.133. The molecule has 2 aliphatic rings. The Morgan fingerprint density at radius 3 is 2.93 bits per heavy atom. The SMILES string of the molecule is COc1cc(-c2csc3ccccc23)cc2c1OCCN(C(=O)C1CC1)C2. The van der Waals surface area contributed by atoms with Gasteiger partial charge in [0, 0.05) is 33.7 Å².